The lowest BCUT2D eigenvalue weighted by Gasteiger charge is -2.02. The Morgan fingerprint density at radius 3 is 2.89 bits per heavy atom. The third-order valence-corrected chi connectivity index (χ3v) is 5.23. The van der Waals surface area contributed by atoms with Gasteiger partial charge in [-0.25, -0.2) is 13.1 Å². The first kappa shape index (κ1) is 13.2. The van der Waals surface area contributed by atoms with E-state index < -0.39 is 10.0 Å². The molecule has 0 unspecified atom stereocenters. The lowest BCUT2D eigenvalue weighted by molar-refractivity contribution is 0.581. The van der Waals surface area contributed by atoms with Crippen LogP contribution in [-0.2, 0) is 30.2 Å². The van der Waals surface area contributed by atoms with Crippen LogP contribution < -0.4 is 10.5 Å². The molecular formula is C10H14N4O2S2. The summed E-state index contributed by atoms with van der Waals surface area (Å²) in [5.41, 5.74) is 6.95. The third kappa shape index (κ3) is 2.96. The summed E-state index contributed by atoms with van der Waals surface area (Å²) < 4.78 is 28.3. The largest absolute Gasteiger partial charge is 0.326 e. The van der Waals surface area contributed by atoms with Crippen molar-refractivity contribution in [3.63, 3.8) is 0 Å². The van der Waals surface area contributed by atoms with E-state index in [1.807, 2.05) is 0 Å². The van der Waals surface area contributed by atoms with E-state index in [1.54, 1.807) is 35.4 Å². The van der Waals surface area contributed by atoms with Crippen LogP contribution in [0.2, 0.25) is 0 Å². The van der Waals surface area contributed by atoms with Crippen molar-refractivity contribution < 1.29 is 8.42 Å². The molecule has 8 heteroatoms. The van der Waals surface area contributed by atoms with E-state index in [0.717, 1.165) is 5.56 Å². The standard InChI is InChI=1S/C10H14N4O2S2/c1-14-3-2-9(13-14)6-12-18(15,16)10-4-8(5-11)7-17-10/h2-4,7,12H,5-6,11H2,1H3. The number of hydrogen-bond donors (Lipinski definition) is 2. The normalized spacial score (nSPS) is 11.9. The van der Waals surface area contributed by atoms with Gasteiger partial charge in [-0.05, 0) is 23.1 Å². The van der Waals surface area contributed by atoms with E-state index >= 15 is 0 Å². The SMILES string of the molecule is Cn1ccc(CNS(=O)(=O)c2cc(CN)cs2)n1. The molecule has 0 aliphatic heterocycles. The first-order valence-corrected chi connectivity index (χ1v) is 7.63. The second-order valence-electron chi connectivity index (χ2n) is 3.78. The molecule has 2 aromatic heterocycles. The Balaban J connectivity index is 2.07. The van der Waals surface area contributed by atoms with Gasteiger partial charge in [0.1, 0.15) is 4.21 Å². The number of aryl methyl sites for hydroxylation is 1. The summed E-state index contributed by atoms with van der Waals surface area (Å²) in [6, 6.07) is 3.35. The van der Waals surface area contributed by atoms with Crippen LogP contribution in [0.1, 0.15) is 11.3 Å². The number of rotatable bonds is 5. The Labute approximate surface area is 109 Å². The first-order valence-electron chi connectivity index (χ1n) is 5.27. The molecule has 0 amide bonds. The molecule has 0 aliphatic rings. The summed E-state index contributed by atoms with van der Waals surface area (Å²) in [7, 11) is -1.69. The van der Waals surface area contributed by atoms with Gasteiger partial charge in [-0.2, -0.15) is 5.10 Å². The summed E-state index contributed by atoms with van der Waals surface area (Å²) >= 11 is 1.17. The van der Waals surface area contributed by atoms with Crippen molar-refractivity contribution in [2.75, 3.05) is 0 Å². The molecular weight excluding hydrogens is 272 g/mol. The highest BCUT2D eigenvalue weighted by Crippen LogP contribution is 2.19. The topological polar surface area (TPSA) is 90.0 Å². The molecule has 18 heavy (non-hydrogen) atoms. The molecule has 98 valence electrons. The Morgan fingerprint density at radius 2 is 2.33 bits per heavy atom. The van der Waals surface area contributed by atoms with Gasteiger partial charge < -0.3 is 5.73 Å². The van der Waals surface area contributed by atoms with Gasteiger partial charge in [0.25, 0.3) is 0 Å². The predicted octanol–water partition coefficient (Wildman–Crippen LogP) is 0.419. The Bertz CT molecular complexity index is 630. The molecule has 0 aromatic carbocycles. The van der Waals surface area contributed by atoms with E-state index in [2.05, 4.69) is 9.82 Å². The fourth-order valence-electron chi connectivity index (χ4n) is 1.40. The molecule has 0 spiro atoms. The molecule has 0 aliphatic carbocycles. The number of thiophene rings is 1. The molecule has 0 fully saturated rings. The zero-order valence-corrected chi connectivity index (χ0v) is 11.5. The molecule has 2 aromatic rings. The van der Waals surface area contributed by atoms with Crippen LogP contribution in [0.4, 0.5) is 0 Å². The minimum atomic E-state index is -3.47. The van der Waals surface area contributed by atoms with E-state index in [1.165, 1.54) is 11.3 Å². The fraction of sp³-hybridized carbons (Fsp3) is 0.300. The van der Waals surface area contributed by atoms with E-state index in [-0.39, 0.29) is 10.8 Å². The van der Waals surface area contributed by atoms with Gasteiger partial charge in [0.2, 0.25) is 10.0 Å². The molecule has 3 N–H and O–H groups in total. The lowest BCUT2D eigenvalue weighted by atomic mass is 10.4. The van der Waals surface area contributed by atoms with Crippen molar-refractivity contribution >= 4 is 21.4 Å². The quantitative estimate of drug-likeness (QED) is 0.833. The minimum Gasteiger partial charge on any atom is -0.326 e. The average Bonchev–Trinajstić information content (AvgIpc) is 2.95. The van der Waals surface area contributed by atoms with Crippen molar-refractivity contribution in [2.45, 2.75) is 17.3 Å². The van der Waals surface area contributed by atoms with Crippen LogP contribution >= 0.6 is 11.3 Å². The summed E-state index contributed by atoms with van der Waals surface area (Å²) in [5.74, 6) is 0. The molecule has 0 saturated carbocycles. The molecule has 2 rings (SSSR count). The van der Waals surface area contributed by atoms with E-state index in [0.29, 0.717) is 12.2 Å². The summed E-state index contributed by atoms with van der Waals surface area (Å²) in [5, 5.41) is 5.85. The highest BCUT2D eigenvalue weighted by molar-refractivity contribution is 7.91. The van der Waals surface area contributed by atoms with Gasteiger partial charge in [-0.15, -0.1) is 11.3 Å². The average molecular weight is 286 g/mol. The van der Waals surface area contributed by atoms with Crippen LogP contribution in [0.25, 0.3) is 0 Å². The minimum absolute atomic E-state index is 0.180. The van der Waals surface area contributed by atoms with Crippen molar-refractivity contribution in [1.82, 2.24) is 14.5 Å². The maximum absolute atomic E-state index is 12.0. The van der Waals surface area contributed by atoms with Gasteiger partial charge in [0.15, 0.2) is 0 Å². The zero-order chi connectivity index (χ0) is 13.2. The Kier molecular flexibility index (Phi) is 3.81. The van der Waals surface area contributed by atoms with Crippen LogP contribution in [0.3, 0.4) is 0 Å². The summed E-state index contributed by atoms with van der Waals surface area (Å²) in [6.45, 7) is 0.519. The summed E-state index contributed by atoms with van der Waals surface area (Å²) in [6.07, 6.45) is 1.77. The molecule has 0 atom stereocenters. The van der Waals surface area contributed by atoms with Crippen LogP contribution in [0.15, 0.2) is 27.9 Å². The highest BCUT2D eigenvalue weighted by Gasteiger charge is 2.16. The first-order chi connectivity index (χ1) is 8.51. The van der Waals surface area contributed by atoms with Crippen LogP contribution in [-0.4, -0.2) is 18.2 Å². The Morgan fingerprint density at radius 1 is 1.56 bits per heavy atom. The highest BCUT2D eigenvalue weighted by atomic mass is 32.2. The smallest absolute Gasteiger partial charge is 0.250 e. The number of nitrogens with two attached hydrogens (primary N) is 1. The van der Waals surface area contributed by atoms with Crippen molar-refractivity contribution in [1.29, 1.82) is 0 Å². The predicted molar refractivity (Wildman–Crippen MR) is 69.4 cm³/mol. The van der Waals surface area contributed by atoms with E-state index in [9.17, 15) is 8.42 Å². The molecule has 0 radical (unpaired) electrons. The van der Waals surface area contributed by atoms with Gasteiger partial charge in [0.05, 0.1) is 12.2 Å². The molecule has 0 saturated heterocycles. The molecule has 0 bridgehead atoms. The maximum atomic E-state index is 12.0. The van der Waals surface area contributed by atoms with Crippen LogP contribution in [0.5, 0.6) is 0 Å². The zero-order valence-electron chi connectivity index (χ0n) is 9.83. The number of sulfonamides is 1. The van der Waals surface area contributed by atoms with Gasteiger partial charge in [-0.3, -0.25) is 4.68 Å². The van der Waals surface area contributed by atoms with Crippen molar-refractivity contribution in [3.8, 4) is 0 Å². The third-order valence-electron chi connectivity index (χ3n) is 2.34. The second kappa shape index (κ2) is 5.19. The fourth-order valence-corrected chi connectivity index (χ4v) is 3.66. The number of aromatic nitrogens is 2. The number of nitrogens with zero attached hydrogens (tertiary/aromatic N) is 2. The monoisotopic (exact) mass is 286 g/mol. The van der Waals surface area contributed by atoms with Gasteiger partial charge in [-0.1, -0.05) is 0 Å². The van der Waals surface area contributed by atoms with Crippen molar-refractivity contribution in [2.24, 2.45) is 12.8 Å². The second-order valence-corrected chi connectivity index (χ2v) is 6.69. The lowest BCUT2D eigenvalue weighted by Crippen LogP contribution is -2.22. The van der Waals surface area contributed by atoms with E-state index in [4.69, 9.17) is 5.73 Å². The Hall–Kier alpha value is -1.22. The maximum Gasteiger partial charge on any atom is 0.250 e. The van der Waals surface area contributed by atoms with Crippen molar-refractivity contribution in [3.05, 3.63) is 35.0 Å². The molecule has 2 heterocycles. The van der Waals surface area contributed by atoms with Gasteiger partial charge >= 0.3 is 0 Å². The number of hydrogen-bond acceptors (Lipinski definition) is 5. The number of nitrogens with one attached hydrogen (secondary N) is 1. The summed E-state index contributed by atoms with van der Waals surface area (Å²) in [4.78, 5) is 0. The molecule has 6 nitrogen and oxygen atoms in total. The van der Waals surface area contributed by atoms with Gasteiger partial charge in [0, 0.05) is 19.8 Å². The van der Waals surface area contributed by atoms with Crippen LogP contribution in [0, 0.1) is 0 Å².